The maximum absolute atomic E-state index is 12.9. The molecule has 2 N–H and O–H groups in total. The fourth-order valence-corrected chi connectivity index (χ4v) is 8.08. The van der Waals surface area contributed by atoms with Crippen LogP contribution in [0.3, 0.4) is 0 Å². The summed E-state index contributed by atoms with van der Waals surface area (Å²) in [6, 6.07) is 0. The van der Waals surface area contributed by atoms with E-state index in [4.69, 9.17) is 23.3 Å². The molecule has 0 fully saturated rings. The van der Waals surface area contributed by atoms with Gasteiger partial charge in [-0.1, -0.05) is 216 Å². The summed E-state index contributed by atoms with van der Waals surface area (Å²) in [5.74, 6) is -1.55. The second-order valence-electron chi connectivity index (χ2n) is 18.0. The largest absolute Gasteiger partial charge is 0.472 e. The highest BCUT2D eigenvalue weighted by molar-refractivity contribution is 7.47. The van der Waals surface area contributed by atoms with Gasteiger partial charge in [0.1, 0.15) is 12.7 Å². The van der Waals surface area contributed by atoms with E-state index in [9.17, 15) is 28.9 Å². The van der Waals surface area contributed by atoms with Crippen LogP contribution in [-0.4, -0.2) is 66.5 Å². The van der Waals surface area contributed by atoms with E-state index in [1.54, 1.807) is 0 Å². The fourth-order valence-electron chi connectivity index (χ4n) is 7.29. The van der Waals surface area contributed by atoms with Crippen molar-refractivity contribution in [3.63, 3.8) is 0 Å². The van der Waals surface area contributed by atoms with E-state index in [0.29, 0.717) is 19.3 Å². The summed E-state index contributed by atoms with van der Waals surface area (Å²) in [6.45, 7) is 4.41. The lowest BCUT2D eigenvalue weighted by atomic mass is 10.0. The summed E-state index contributed by atoms with van der Waals surface area (Å²) in [4.78, 5) is 48.3. The van der Waals surface area contributed by atoms with Crippen molar-refractivity contribution in [3.8, 4) is 0 Å². The molecule has 11 nitrogen and oxygen atoms in total. The number of ether oxygens (including phenoxy) is 3. The third-order valence-corrected chi connectivity index (χ3v) is 12.4. The van der Waals surface area contributed by atoms with E-state index >= 15 is 0 Å². The lowest BCUT2D eigenvalue weighted by Crippen LogP contribution is -2.30. The van der Waals surface area contributed by atoms with Crippen LogP contribution in [-0.2, 0) is 42.2 Å². The minimum absolute atomic E-state index is 0.0559. The summed E-state index contributed by atoms with van der Waals surface area (Å²) >= 11 is 0. The summed E-state index contributed by atoms with van der Waals surface area (Å²) < 4.78 is 39.3. The first-order valence-corrected chi connectivity index (χ1v) is 28.7. The van der Waals surface area contributed by atoms with Crippen LogP contribution in [0, 0.1) is 0 Å². The van der Waals surface area contributed by atoms with Gasteiger partial charge in [0.05, 0.1) is 19.8 Å². The molecule has 0 amide bonds. The number of phosphoric acid groups is 1. The van der Waals surface area contributed by atoms with Gasteiger partial charge in [0.25, 0.3) is 0 Å². The fraction of sp³-hybridized carbons (Fsp3) is 0.768. The van der Waals surface area contributed by atoms with E-state index < -0.39 is 57.8 Å². The summed E-state index contributed by atoms with van der Waals surface area (Å²) in [6.07, 6.45) is 53.5. The van der Waals surface area contributed by atoms with E-state index in [1.165, 1.54) is 96.3 Å². The third kappa shape index (κ3) is 48.2. The monoisotopic (exact) mass is 979 g/mol. The lowest BCUT2D eigenvalue weighted by Gasteiger charge is -2.21. The first-order chi connectivity index (χ1) is 33.2. The van der Waals surface area contributed by atoms with Crippen molar-refractivity contribution in [2.75, 3.05) is 26.4 Å². The third-order valence-electron chi connectivity index (χ3n) is 11.4. The van der Waals surface area contributed by atoms with Crippen molar-refractivity contribution < 1.29 is 52.2 Å². The van der Waals surface area contributed by atoms with E-state index in [0.717, 1.165) is 83.5 Å². The van der Waals surface area contributed by atoms with Crippen molar-refractivity contribution in [1.29, 1.82) is 0 Å². The van der Waals surface area contributed by atoms with Gasteiger partial charge in [-0.2, -0.15) is 0 Å². The number of aliphatic hydroxyl groups excluding tert-OH is 1. The van der Waals surface area contributed by atoms with Gasteiger partial charge in [0.15, 0.2) is 6.10 Å². The molecular formula is C56H99O11P. The first kappa shape index (κ1) is 65.2. The zero-order valence-electron chi connectivity index (χ0n) is 43.3. The molecule has 0 spiro atoms. The van der Waals surface area contributed by atoms with Crippen LogP contribution in [0.4, 0.5) is 0 Å². The molecular weight excluding hydrogens is 880 g/mol. The number of esters is 3. The Balaban J connectivity index is 4.75. The predicted octanol–water partition coefficient (Wildman–Crippen LogP) is 15.6. The normalized spacial score (nSPS) is 13.9. The number of unbranched alkanes of at least 4 members (excludes halogenated alkanes) is 23. The molecule has 3 atom stereocenters. The van der Waals surface area contributed by atoms with Crippen molar-refractivity contribution >= 4 is 25.7 Å². The summed E-state index contributed by atoms with van der Waals surface area (Å²) in [5, 5.41) is 9.76. The topological polar surface area (TPSA) is 155 Å². The van der Waals surface area contributed by atoms with Crippen LogP contribution >= 0.6 is 7.82 Å². The number of carbonyl (C=O) groups excluding carboxylic acids is 3. The quantitative estimate of drug-likeness (QED) is 0.0197. The number of phosphoric ester groups is 1. The first-order valence-electron chi connectivity index (χ1n) is 27.2. The van der Waals surface area contributed by atoms with Gasteiger partial charge in [-0.25, -0.2) is 4.57 Å². The van der Waals surface area contributed by atoms with Gasteiger partial charge >= 0.3 is 25.7 Å². The Bertz CT molecular complexity index is 1370. The molecule has 3 unspecified atom stereocenters. The van der Waals surface area contributed by atoms with Crippen molar-refractivity contribution in [3.05, 3.63) is 60.8 Å². The summed E-state index contributed by atoms with van der Waals surface area (Å²) in [5.41, 5.74) is 0. The zero-order valence-corrected chi connectivity index (χ0v) is 44.2. The van der Waals surface area contributed by atoms with Crippen LogP contribution in [0.15, 0.2) is 60.8 Å². The van der Waals surface area contributed by atoms with Gasteiger partial charge in [-0.05, 0) is 64.2 Å². The van der Waals surface area contributed by atoms with Crippen LogP contribution in [0.5, 0.6) is 0 Å². The van der Waals surface area contributed by atoms with Crippen LogP contribution in [0.25, 0.3) is 0 Å². The number of hydrogen-bond donors (Lipinski definition) is 2. The molecule has 0 rings (SSSR count). The molecule has 0 aliphatic rings. The molecule has 0 radical (unpaired) electrons. The Morgan fingerprint density at radius 2 is 0.809 bits per heavy atom. The molecule has 0 saturated heterocycles. The van der Waals surface area contributed by atoms with Crippen LogP contribution in [0.1, 0.15) is 239 Å². The second-order valence-corrected chi connectivity index (χ2v) is 19.5. The Hall–Kier alpha value is -2.82. The van der Waals surface area contributed by atoms with Gasteiger partial charge in [0.2, 0.25) is 0 Å². The van der Waals surface area contributed by atoms with Gasteiger partial charge in [-0.3, -0.25) is 23.4 Å². The molecule has 0 bridgehead atoms. The molecule has 0 aromatic carbocycles. The highest BCUT2D eigenvalue weighted by Crippen LogP contribution is 2.43. The van der Waals surface area contributed by atoms with E-state index in [1.807, 2.05) is 12.2 Å². The maximum atomic E-state index is 12.9. The standard InChI is InChI=1S/C56H99O11P/c1-4-7-10-13-16-19-22-24-25-26-27-29-32-35-38-41-44-47-56(60)67-53(49-63-54(58)45-42-39-36-33-30-21-18-15-12-9-6-3)51-65-68(61,62)64-50-52(48-57)66-55(59)46-43-40-37-34-31-28-23-20-17-14-11-8-5-2/h8,11,15,17-18,20,28,31,37,40,52-53,57H,4-7,9-10,12-14,16,19,21-27,29-30,32-36,38-39,41-51H2,1-3H3,(H,61,62)/b11-8-,18-15-,20-17-,31-28-,40-37-. The molecule has 0 heterocycles. The maximum Gasteiger partial charge on any atom is 0.472 e. The van der Waals surface area contributed by atoms with E-state index in [-0.39, 0.29) is 25.9 Å². The second kappa shape index (κ2) is 50.6. The smallest absolute Gasteiger partial charge is 0.462 e. The Labute approximate surface area is 415 Å². The Kier molecular flexibility index (Phi) is 48.5. The Morgan fingerprint density at radius 1 is 0.426 bits per heavy atom. The highest BCUT2D eigenvalue weighted by atomic mass is 31.2. The molecule has 0 saturated carbocycles. The molecule has 0 aromatic rings. The molecule has 0 aliphatic carbocycles. The average Bonchev–Trinajstić information content (AvgIpc) is 3.32. The molecule has 12 heteroatoms. The van der Waals surface area contributed by atoms with E-state index in [2.05, 4.69) is 69.4 Å². The average molecular weight is 979 g/mol. The van der Waals surface area contributed by atoms with Crippen molar-refractivity contribution in [2.24, 2.45) is 0 Å². The molecule has 0 aromatic heterocycles. The predicted molar refractivity (Wildman–Crippen MR) is 279 cm³/mol. The lowest BCUT2D eigenvalue weighted by molar-refractivity contribution is -0.161. The number of rotatable bonds is 50. The van der Waals surface area contributed by atoms with Gasteiger partial charge < -0.3 is 24.2 Å². The van der Waals surface area contributed by atoms with Crippen LogP contribution in [0.2, 0.25) is 0 Å². The number of carbonyl (C=O) groups is 3. The van der Waals surface area contributed by atoms with Crippen molar-refractivity contribution in [2.45, 2.75) is 251 Å². The molecule has 394 valence electrons. The zero-order chi connectivity index (χ0) is 49.9. The minimum Gasteiger partial charge on any atom is -0.462 e. The summed E-state index contributed by atoms with van der Waals surface area (Å²) in [7, 11) is -4.76. The number of hydrogen-bond acceptors (Lipinski definition) is 10. The van der Waals surface area contributed by atoms with Gasteiger partial charge in [-0.15, -0.1) is 0 Å². The SMILES string of the molecule is CC/C=C\C/C=C\C/C=C\C/C=C\CCC(=O)OC(CO)COP(=O)(O)OCC(COC(=O)CCCCCCC/C=C\CCCC)OC(=O)CCCCCCCCCCCCCCCCCCC. The van der Waals surface area contributed by atoms with Crippen LogP contribution < -0.4 is 0 Å². The molecule has 0 aliphatic heterocycles. The number of allylic oxidation sites excluding steroid dienone is 10. The molecule has 68 heavy (non-hydrogen) atoms. The van der Waals surface area contributed by atoms with Gasteiger partial charge in [0, 0.05) is 19.3 Å². The van der Waals surface area contributed by atoms with Crippen molar-refractivity contribution in [1.82, 2.24) is 0 Å². The number of aliphatic hydroxyl groups is 1. The Morgan fingerprint density at radius 3 is 1.31 bits per heavy atom. The highest BCUT2D eigenvalue weighted by Gasteiger charge is 2.28. The minimum atomic E-state index is -4.76.